The summed E-state index contributed by atoms with van der Waals surface area (Å²) < 4.78 is 25.3. The molecule has 3 rings (SSSR count). The van der Waals surface area contributed by atoms with Gasteiger partial charge in [-0.15, -0.1) is 0 Å². The minimum absolute atomic E-state index is 0.0163. The fourth-order valence-corrected chi connectivity index (χ4v) is 3.25. The number of nitrogens with one attached hydrogen (secondary N) is 2. The first-order valence-corrected chi connectivity index (χ1v) is 9.41. The molecular weight excluding hydrogens is 453 g/mol. The van der Waals surface area contributed by atoms with Crippen molar-refractivity contribution in [3.05, 3.63) is 58.3 Å². The normalized spacial score (nSPS) is 10.2. The highest BCUT2D eigenvalue weighted by Crippen LogP contribution is 2.35. The van der Waals surface area contributed by atoms with Gasteiger partial charge in [-0.1, -0.05) is 23.5 Å². The molecule has 0 radical (unpaired) electrons. The lowest BCUT2D eigenvalue weighted by molar-refractivity contribution is -0.133. The van der Waals surface area contributed by atoms with Crippen molar-refractivity contribution in [2.75, 3.05) is 17.7 Å². The van der Waals surface area contributed by atoms with Crippen LogP contribution in [0.1, 0.15) is 0 Å². The maximum absolute atomic E-state index is 13.7. The molecule has 0 aliphatic heterocycles. The van der Waals surface area contributed by atoms with Crippen molar-refractivity contribution in [1.29, 1.82) is 0 Å². The Bertz CT molecular complexity index is 1030. The quantitative estimate of drug-likeness (QED) is 0.544. The summed E-state index contributed by atoms with van der Waals surface area (Å²) in [6.45, 7) is 0. The number of amides is 2. The predicted molar refractivity (Wildman–Crippen MR) is 107 cm³/mol. The fourth-order valence-electron chi connectivity index (χ4n) is 2.15. The third kappa shape index (κ3) is 4.84. The molecule has 0 aliphatic rings. The van der Waals surface area contributed by atoms with Crippen LogP contribution in [0.2, 0.25) is 0 Å². The standard InChI is InChI=1S/C18H13BrFN3O4S/c1-26-12-4-2-3-5-13(12)27-14-8-10(20)6-7-11(14)22-16(24)17(25)23-18-21-9-15(19)28-18/h2-9H,1H3,(H,22,24)(H,21,23,25). The Morgan fingerprint density at radius 1 is 1.07 bits per heavy atom. The lowest BCUT2D eigenvalue weighted by atomic mass is 10.2. The Morgan fingerprint density at radius 3 is 2.46 bits per heavy atom. The molecule has 0 saturated heterocycles. The summed E-state index contributed by atoms with van der Waals surface area (Å²) in [6.07, 6.45) is 1.50. The average Bonchev–Trinajstić information content (AvgIpc) is 3.09. The van der Waals surface area contributed by atoms with E-state index in [0.29, 0.717) is 15.3 Å². The van der Waals surface area contributed by atoms with E-state index in [1.807, 2.05) is 0 Å². The van der Waals surface area contributed by atoms with Crippen molar-refractivity contribution in [2.45, 2.75) is 0 Å². The number of rotatable bonds is 5. The van der Waals surface area contributed by atoms with Crippen LogP contribution in [0.4, 0.5) is 15.2 Å². The highest BCUT2D eigenvalue weighted by molar-refractivity contribution is 9.11. The van der Waals surface area contributed by atoms with Crippen LogP contribution in [-0.4, -0.2) is 23.9 Å². The highest BCUT2D eigenvalue weighted by Gasteiger charge is 2.19. The van der Waals surface area contributed by atoms with Crippen LogP contribution in [-0.2, 0) is 9.59 Å². The first kappa shape index (κ1) is 19.8. The van der Waals surface area contributed by atoms with Gasteiger partial charge in [-0.05, 0) is 40.2 Å². The summed E-state index contributed by atoms with van der Waals surface area (Å²) in [5.41, 5.74) is 0.118. The Hall–Kier alpha value is -2.98. The second kappa shape index (κ2) is 8.81. The van der Waals surface area contributed by atoms with Gasteiger partial charge in [-0.3, -0.25) is 14.9 Å². The molecular formula is C18H13BrFN3O4S. The monoisotopic (exact) mass is 465 g/mol. The molecule has 0 atom stereocenters. The number of anilines is 2. The molecule has 0 unspecified atom stereocenters. The number of aromatic nitrogens is 1. The largest absolute Gasteiger partial charge is 0.493 e. The predicted octanol–water partition coefficient (Wildman–Crippen LogP) is 4.42. The van der Waals surface area contributed by atoms with Crippen LogP contribution in [0.15, 0.2) is 52.4 Å². The molecule has 2 aromatic carbocycles. The van der Waals surface area contributed by atoms with Gasteiger partial charge in [0.1, 0.15) is 5.82 Å². The summed E-state index contributed by atoms with van der Waals surface area (Å²) in [6, 6.07) is 10.3. The molecule has 1 aromatic heterocycles. The van der Waals surface area contributed by atoms with Crippen molar-refractivity contribution >= 4 is 49.9 Å². The topological polar surface area (TPSA) is 89.5 Å². The van der Waals surface area contributed by atoms with E-state index >= 15 is 0 Å². The van der Waals surface area contributed by atoms with E-state index < -0.39 is 17.6 Å². The first-order chi connectivity index (χ1) is 13.5. The zero-order valence-corrected chi connectivity index (χ0v) is 16.8. The Labute approximate surface area is 171 Å². The minimum Gasteiger partial charge on any atom is -0.493 e. The second-order valence-electron chi connectivity index (χ2n) is 5.27. The number of methoxy groups -OCH3 is 1. The molecule has 0 aliphatic carbocycles. The smallest absolute Gasteiger partial charge is 0.315 e. The van der Waals surface area contributed by atoms with Gasteiger partial charge in [0.2, 0.25) is 0 Å². The first-order valence-electron chi connectivity index (χ1n) is 7.80. The Kier molecular flexibility index (Phi) is 6.22. The lowest BCUT2D eigenvalue weighted by Crippen LogP contribution is -2.29. The number of hydrogen-bond donors (Lipinski definition) is 2. The van der Waals surface area contributed by atoms with E-state index in [1.54, 1.807) is 24.3 Å². The molecule has 0 saturated carbocycles. The molecule has 10 heteroatoms. The van der Waals surface area contributed by atoms with Gasteiger partial charge in [-0.2, -0.15) is 0 Å². The van der Waals surface area contributed by atoms with Gasteiger partial charge in [0.05, 0.1) is 22.8 Å². The van der Waals surface area contributed by atoms with Gasteiger partial charge in [-0.25, -0.2) is 9.37 Å². The van der Waals surface area contributed by atoms with Gasteiger partial charge in [0.15, 0.2) is 22.4 Å². The van der Waals surface area contributed by atoms with Gasteiger partial charge < -0.3 is 14.8 Å². The van der Waals surface area contributed by atoms with E-state index in [0.717, 1.165) is 23.5 Å². The van der Waals surface area contributed by atoms with Crippen LogP contribution in [0, 0.1) is 5.82 Å². The number of carbonyl (C=O) groups is 2. The second-order valence-corrected chi connectivity index (χ2v) is 7.68. The average molecular weight is 466 g/mol. The number of halogens is 2. The lowest BCUT2D eigenvalue weighted by Gasteiger charge is -2.14. The molecule has 0 fully saturated rings. The van der Waals surface area contributed by atoms with Gasteiger partial charge in [0.25, 0.3) is 0 Å². The van der Waals surface area contributed by atoms with Crippen molar-refractivity contribution in [3.8, 4) is 17.2 Å². The van der Waals surface area contributed by atoms with Crippen molar-refractivity contribution < 1.29 is 23.5 Å². The number of nitrogens with zero attached hydrogens (tertiary/aromatic N) is 1. The number of carbonyl (C=O) groups excluding carboxylic acids is 2. The van der Waals surface area contributed by atoms with E-state index in [-0.39, 0.29) is 16.6 Å². The number of ether oxygens (including phenoxy) is 2. The van der Waals surface area contributed by atoms with E-state index in [2.05, 4.69) is 31.5 Å². The molecule has 7 nitrogen and oxygen atoms in total. The van der Waals surface area contributed by atoms with Crippen LogP contribution in [0.5, 0.6) is 17.2 Å². The minimum atomic E-state index is -0.956. The molecule has 1 heterocycles. The highest BCUT2D eigenvalue weighted by atomic mass is 79.9. The van der Waals surface area contributed by atoms with E-state index in [4.69, 9.17) is 9.47 Å². The summed E-state index contributed by atoms with van der Waals surface area (Å²) in [5.74, 6) is -1.68. The number of benzene rings is 2. The number of hydrogen-bond acceptors (Lipinski definition) is 6. The third-order valence-electron chi connectivity index (χ3n) is 3.39. The maximum atomic E-state index is 13.7. The summed E-state index contributed by atoms with van der Waals surface area (Å²) in [7, 11) is 1.47. The number of para-hydroxylation sites is 2. The van der Waals surface area contributed by atoms with Crippen molar-refractivity contribution in [2.24, 2.45) is 0 Å². The summed E-state index contributed by atoms with van der Waals surface area (Å²) >= 11 is 4.37. The Morgan fingerprint density at radius 2 is 1.79 bits per heavy atom. The molecule has 2 N–H and O–H groups in total. The van der Waals surface area contributed by atoms with Crippen LogP contribution in [0.25, 0.3) is 0 Å². The zero-order valence-electron chi connectivity index (χ0n) is 14.4. The van der Waals surface area contributed by atoms with E-state index in [9.17, 15) is 14.0 Å². The van der Waals surface area contributed by atoms with Gasteiger partial charge in [0, 0.05) is 6.07 Å². The third-order valence-corrected chi connectivity index (χ3v) is 4.78. The molecule has 28 heavy (non-hydrogen) atoms. The van der Waals surface area contributed by atoms with Crippen LogP contribution < -0.4 is 20.1 Å². The number of thiazole rings is 1. The molecule has 0 spiro atoms. The molecule has 144 valence electrons. The van der Waals surface area contributed by atoms with Crippen LogP contribution >= 0.6 is 27.3 Å². The fraction of sp³-hybridized carbons (Fsp3) is 0.0556. The van der Waals surface area contributed by atoms with Crippen molar-refractivity contribution in [3.63, 3.8) is 0 Å². The SMILES string of the molecule is COc1ccccc1Oc1cc(F)ccc1NC(=O)C(=O)Nc1ncc(Br)s1. The molecule has 0 bridgehead atoms. The molecule has 3 aromatic rings. The molecule has 2 amide bonds. The van der Waals surface area contributed by atoms with Crippen molar-refractivity contribution in [1.82, 2.24) is 4.98 Å². The zero-order chi connectivity index (χ0) is 20.1. The summed E-state index contributed by atoms with van der Waals surface area (Å²) in [4.78, 5) is 28.2. The Balaban J connectivity index is 1.78. The van der Waals surface area contributed by atoms with E-state index in [1.165, 1.54) is 19.4 Å². The maximum Gasteiger partial charge on any atom is 0.315 e. The van der Waals surface area contributed by atoms with Crippen LogP contribution in [0.3, 0.4) is 0 Å². The van der Waals surface area contributed by atoms with Gasteiger partial charge >= 0.3 is 11.8 Å². The summed E-state index contributed by atoms with van der Waals surface area (Å²) in [5, 5.41) is 5.04.